The second-order valence-corrected chi connectivity index (χ2v) is 7.76. The van der Waals surface area contributed by atoms with Crippen LogP contribution in [-0.2, 0) is 5.41 Å². The van der Waals surface area contributed by atoms with E-state index in [0.717, 1.165) is 38.1 Å². The standard InChI is InChI=1S/C21H19Cl2N/c1-21(2,3)20-13-16(14-4-8-17(22)9-5-14)12-19(24-20)15-6-10-18(23)11-7-15/h4-13H,1-3H3. The van der Waals surface area contributed by atoms with Crippen molar-refractivity contribution in [3.05, 3.63) is 76.4 Å². The van der Waals surface area contributed by atoms with Crippen LogP contribution in [0.15, 0.2) is 60.7 Å². The maximum absolute atomic E-state index is 6.02. The van der Waals surface area contributed by atoms with Crippen molar-refractivity contribution in [3.8, 4) is 22.4 Å². The number of aromatic nitrogens is 1. The fourth-order valence-corrected chi connectivity index (χ4v) is 2.74. The fraction of sp³-hybridized carbons (Fsp3) is 0.190. The molecule has 3 aromatic rings. The number of nitrogens with zero attached hydrogens (tertiary/aromatic N) is 1. The first-order chi connectivity index (χ1) is 11.3. The smallest absolute Gasteiger partial charge is 0.0711 e. The zero-order valence-electron chi connectivity index (χ0n) is 14.0. The van der Waals surface area contributed by atoms with Gasteiger partial charge in [-0.2, -0.15) is 0 Å². The van der Waals surface area contributed by atoms with Crippen LogP contribution in [0.25, 0.3) is 22.4 Å². The van der Waals surface area contributed by atoms with Gasteiger partial charge in [0.05, 0.1) is 5.69 Å². The Kier molecular flexibility index (Phi) is 4.67. The molecular formula is C21H19Cl2N. The van der Waals surface area contributed by atoms with E-state index in [9.17, 15) is 0 Å². The van der Waals surface area contributed by atoms with E-state index < -0.39 is 0 Å². The van der Waals surface area contributed by atoms with Gasteiger partial charge in [0.1, 0.15) is 0 Å². The molecular weight excluding hydrogens is 337 g/mol. The van der Waals surface area contributed by atoms with Crippen molar-refractivity contribution >= 4 is 23.2 Å². The summed E-state index contributed by atoms with van der Waals surface area (Å²) in [6.45, 7) is 6.52. The third kappa shape index (κ3) is 3.80. The average Bonchev–Trinajstić information content (AvgIpc) is 2.55. The quantitative estimate of drug-likeness (QED) is 0.481. The van der Waals surface area contributed by atoms with Crippen molar-refractivity contribution in [2.45, 2.75) is 26.2 Å². The summed E-state index contributed by atoms with van der Waals surface area (Å²) in [7, 11) is 0. The lowest BCUT2D eigenvalue weighted by atomic mass is 9.89. The van der Waals surface area contributed by atoms with E-state index in [2.05, 4.69) is 32.9 Å². The molecule has 0 spiro atoms. The normalized spacial score (nSPS) is 11.5. The molecule has 0 aliphatic heterocycles. The maximum Gasteiger partial charge on any atom is 0.0711 e. The van der Waals surface area contributed by atoms with Crippen molar-refractivity contribution < 1.29 is 0 Å². The first kappa shape index (κ1) is 17.0. The summed E-state index contributed by atoms with van der Waals surface area (Å²) in [6, 6.07) is 20.0. The van der Waals surface area contributed by atoms with Gasteiger partial charge in [-0.15, -0.1) is 0 Å². The molecule has 3 heteroatoms. The molecule has 0 atom stereocenters. The second kappa shape index (κ2) is 6.58. The van der Waals surface area contributed by atoms with Gasteiger partial charge in [0.2, 0.25) is 0 Å². The Morgan fingerprint density at radius 1 is 0.667 bits per heavy atom. The summed E-state index contributed by atoms with van der Waals surface area (Å²) < 4.78 is 0. The lowest BCUT2D eigenvalue weighted by Crippen LogP contribution is -2.14. The molecule has 0 N–H and O–H groups in total. The Hall–Kier alpha value is -1.83. The summed E-state index contributed by atoms with van der Waals surface area (Å²) in [5.41, 5.74) is 5.28. The molecule has 0 fully saturated rings. The van der Waals surface area contributed by atoms with E-state index in [1.165, 1.54) is 0 Å². The summed E-state index contributed by atoms with van der Waals surface area (Å²) in [4.78, 5) is 4.88. The predicted octanol–water partition coefficient (Wildman–Crippen LogP) is 7.02. The number of hydrogen-bond donors (Lipinski definition) is 0. The van der Waals surface area contributed by atoms with E-state index in [0.29, 0.717) is 0 Å². The van der Waals surface area contributed by atoms with Crippen molar-refractivity contribution in [2.75, 3.05) is 0 Å². The zero-order valence-corrected chi connectivity index (χ0v) is 15.5. The summed E-state index contributed by atoms with van der Waals surface area (Å²) >= 11 is 12.0. The van der Waals surface area contributed by atoms with Crippen molar-refractivity contribution in [2.24, 2.45) is 0 Å². The number of halogens is 2. The highest BCUT2D eigenvalue weighted by molar-refractivity contribution is 6.30. The largest absolute Gasteiger partial charge is 0.252 e. The van der Waals surface area contributed by atoms with E-state index in [4.69, 9.17) is 28.2 Å². The highest BCUT2D eigenvalue weighted by atomic mass is 35.5. The summed E-state index contributed by atoms with van der Waals surface area (Å²) in [5, 5.41) is 1.46. The zero-order chi connectivity index (χ0) is 17.3. The number of pyridine rings is 1. The molecule has 1 aromatic heterocycles. The van der Waals surface area contributed by atoms with Gasteiger partial charge >= 0.3 is 0 Å². The van der Waals surface area contributed by atoms with Crippen LogP contribution < -0.4 is 0 Å². The van der Waals surface area contributed by atoms with Gasteiger partial charge in [0.15, 0.2) is 0 Å². The number of hydrogen-bond acceptors (Lipinski definition) is 1. The minimum atomic E-state index is -0.0381. The number of benzene rings is 2. The van der Waals surface area contributed by atoms with E-state index in [1.807, 2.05) is 48.5 Å². The molecule has 0 saturated carbocycles. The third-order valence-corrected chi connectivity index (χ3v) is 4.42. The van der Waals surface area contributed by atoms with Crippen molar-refractivity contribution in [1.82, 2.24) is 4.98 Å². The topological polar surface area (TPSA) is 12.9 Å². The van der Waals surface area contributed by atoms with E-state index >= 15 is 0 Å². The van der Waals surface area contributed by atoms with Gasteiger partial charge < -0.3 is 0 Å². The van der Waals surface area contributed by atoms with Crippen molar-refractivity contribution in [3.63, 3.8) is 0 Å². The van der Waals surface area contributed by atoms with Gasteiger partial charge in [-0.3, -0.25) is 4.98 Å². The highest BCUT2D eigenvalue weighted by Gasteiger charge is 2.18. The maximum atomic E-state index is 6.02. The molecule has 1 nitrogen and oxygen atoms in total. The fourth-order valence-electron chi connectivity index (χ4n) is 2.49. The molecule has 24 heavy (non-hydrogen) atoms. The molecule has 122 valence electrons. The summed E-state index contributed by atoms with van der Waals surface area (Å²) in [6.07, 6.45) is 0. The van der Waals surface area contributed by atoms with Crippen LogP contribution in [0.4, 0.5) is 0 Å². The van der Waals surface area contributed by atoms with E-state index in [-0.39, 0.29) is 5.41 Å². The van der Waals surface area contributed by atoms with Crippen LogP contribution in [0.2, 0.25) is 10.0 Å². The second-order valence-electron chi connectivity index (χ2n) is 6.89. The van der Waals surface area contributed by atoms with Crippen molar-refractivity contribution in [1.29, 1.82) is 0 Å². The lowest BCUT2D eigenvalue weighted by molar-refractivity contribution is 0.570. The third-order valence-electron chi connectivity index (χ3n) is 3.91. The van der Waals surface area contributed by atoms with Gasteiger partial charge in [-0.1, -0.05) is 68.2 Å². The monoisotopic (exact) mass is 355 g/mol. The average molecular weight is 356 g/mol. The Labute approximate surface area is 153 Å². The van der Waals surface area contributed by atoms with Gasteiger partial charge in [0.25, 0.3) is 0 Å². The SMILES string of the molecule is CC(C)(C)c1cc(-c2ccc(Cl)cc2)cc(-c2ccc(Cl)cc2)n1. The van der Waals surface area contributed by atoms with Crippen LogP contribution in [0.1, 0.15) is 26.5 Å². The molecule has 0 saturated heterocycles. The molecule has 1 heterocycles. The minimum absolute atomic E-state index is 0.0381. The molecule has 0 amide bonds. The Balaban J connectivity index is 2.17. The summed E-state index contributed by atoms with van der Waals surface area (Å²) in [5.74, 6) is 0. The first-order valence-corrected chi connectivity index (χ1v) is 8.63. The first-order valence-electron chi connectivity index (χ1n) is 7.87. The van der Waals surface area contributed by atoms with Crippen LogP contribution in [0, 0.1) is 0 Å². The van der Waals surface area contributed by atoms with Gasteiger partial charge in [-0.25, -0.2) is 0 Å². The Morgan fingerprint density at radius 3 is 1.67 bits per heavy atom. The number of rotatable bonds is 2. The van der Waals surface area contributed by atoms with Crippen LogP contribution in [0.3, 0.4) is 0 Å². The van der Waals surface area contributed by atoms with Gasteiger partial charge in [0, 0.05) is 26.7 Å². The van der Waals surface area contributed by atoms with Crippen LogP contribution in [0.5, 0.6) is 0 Å². The van der Waals surface area contributed by atoms with Gasteiger partial charge in [-0.05, 0) is 47.5 Å². The predicted molar refractivity (Wildman–Crippen MR) is 104 cm³/mol. The Bertz CT molecular complexity index is 781. The molecule has 0 unspecified atom stereocenters. The molecule has 2 aromatic carbocycles. The molecule has 0 bridgehead atoms. The van der Waals surface area contributed by atoms with E-state index in [1.54, 1.807) is 0 Å². The molecule has 0 aliphatic carbocycles. The minimum Gasteiger partial charge on any atom is -0.252 e. The molecule has 0 aliphatic rings. The van der Waals surface area contributed by atoms with Crippen LogP contribution in [-0.4, -0.2) is 4.98 Å². The molecule has 3 rings (SSSR count). The molecule has 0 radical (unpaired) electrons. The Morgan fingerprint density at radius 2 is 1.17 bits per heavy atom. The lowest BCUT2D eigenvalue weighted by Gasteiger charge is -2.20. The van der Waals surface area contributed by atoms with Crippen LogP contribution >= 0.6 is 23.2 Å². The highest BCUT2D eigenvalue weighted by Crippen LogP contribution is 2.31.